The van der Waals surface area contributed by atoms with Gasteiger partial charge in [-0.15, -0.1) is 0 Å². The molecule has 1 aromatic carbocycles. The number of benzene rings is 1. The lowest BCUT2D eigenvalue weighted by atomic mass is 9.98. The van der Waals surface area contributed by atoms with Crippen molar-refractivity contribution in [2.45, 2.75) is 26.7 Å². The SMILES string of the molecule is CCc1c(CC)c(OC)c2occc2c1O. The minimum absolute atomic E-state index is 0.323. The van der Waals surface area contributed by atoms with E-state index in [0.29, 0.717) is 11.3 Å². The van der Waals surface area contributed by atoms with E-state index >= 15 is 0 Å². The zero-order chi connectivity index (χ0) is 11.7. The van der Waals surface area contributed by atoms with E-state index in [0.717, 1.165) is 35.1 Å². The first-order valence-electron chi connectivity index (χ1n) is 5.52. The van der Waals surface area contributed by atoms with Crippen LogP contribution in [0.25, 0.3) is 11.0 Å². The fourth-order valence-corrected chi connectivity index (χ4v) is 2.22. The molecule has 0 amide bonds. The van der Waals surface area contributed by atoms with Gasteiger partial charge in [0.1, 0.15) is 5.75 Å². The van der Waals surface area contributed by atoms with E-state index in [1.807, 2.05) is 13.8 Å². The average Bonchev–Trinajstić information content (AvgIpc) is 2.77. The lowest BCUT2D eigenvalue weighted by Gasteiger charge is -2.14. The van der Waals surface area contributed by atoms with Gasteiger partial charge >= 0.3 is 0 Å². The van der Waals surface area contributed by atoms with Crippen LogP contribution >= 0.6 is 0 Å². The summed E-state index contributed by atoms with van der Waals surface area (Å²) < 4.78 is 10.8. The smallest absolute Gasteiger partial charge is 0.179 e. The number of methoxy groups -OCH3 is 1. The first-order chi connectivity index (χ1) is 7.74. The van der Waals surface area contributed by atoms with Gasteiger partial charge in [-0.3, -0.25) is 0 Å². The molecule has 0 aliphatic heterocycles. The molecule has 0 radical (unpaired) electrons. The number of hydrogen-bond donors (Lipinski definition) is 1. The number of furan rings is 1. The van der Waals surface area contributed by atoms with Crippen molar-refractivity contribution in [1.82, 2.24) is 0 Å². The Bertz CT molecular complexity index is 511. The van der Waals surface area contributed by atoms with E-state index in [4.69, 9.17) is 9.15 Å². The molecule has 0 saturated carbocycles. The Hall–Kier alpha value is -1.64. The molecule has 0 fully saturated rings. The monoisotopic (exact) mass is 220 g/mol. The molecular weight excluding hydrogens is 204 g/mol. The van der Waals surface area contributed by atoms with Gasteiger partial charge in [0.2, 0.25) is 0 Å². The maximum absolute atomic E-state index is 10.2. The van der Waals surface area contributed by atoms with Gasteiger partial charge in [-0.05, 0) is 18.9 Å². The molecule has 0 atom stereocenters. The molecule has 0 unspecified atom stereocenters. The summed E-state index contributed by atoms with van der Waals surface area (Å²) in [6.07, 6.45) is 3.18. The summed E-state index contributed by atoms with van der Waals surface area (Å²) in [5.41, 5.74) is 2.62. The molecule has 3 nitrogen and oxygen atoms in total. The summed E-state index contributed by atoms with van der Waals surface area (Å²) >= 11 is 0. The molecular formula is C13H16O3. The Morgan fingerprint density at radius 2 is 1.94 bits per heavy atom. The summed E-state index contributed by atoms with van der Waals surface area (Å²) in [5.74, 6) is 1.07. The van der Waals surface area contributed by atoms with Gasteiger partial charge in [-0.2, -0.15) is 0 Å². The van der Waals surface area contributed by atoms with Gasteiger partial charge < -0.3 is 14.3 Å². The summed E-state index contributed by atoms with van der Waals surface area (Å²) in [6, 6.07) is 1.77. The van der Waals surface area contributed by atoms with Gasteiger partial charge in [-0.25, -0.2) is 0 Å². The second kappa shape index (κ2) is 4.08. The highest BCUT2D eigenvalue weighted by Crippen LogP contribution is 2.41. The molecule has 3 heteroatoms. The van der Waals surface area contributed by atoms with Crippen molar-refractivity contribution in [1.29, 1.82) is 0 Å². The fraction of sp³-hybridized carbons (Fsp3) is 0.385. The van der Waals surface area contributed by atoms with Crippen LogP contribution in [0.5, 0.6) is 11.5 Å². The number of ether oxygens (including phenoxy) is 1. The van der Waals surface area contributed by atoms with Crippen molar-refractivity contribution in [3.63, 3.8) is 0 Å². The number of phenolic OH excluding ortho intramolecular Hbond substituents is 1. The Balaban J connectivity index is 2.89. The number of phenols is 1. The van der Waals surface area contributed by atoms with Crippen LogP contribution in [0.4, 0.5) is 0 Å². The van der Waals surface area contributed by atoms with Crippen LogP contribution in [-0.4, -0.2) is 12.2 Å². The Morgan fingerprint density at radius 1 is 1.25 bits per heavy atom. The van der Waals surface area contributed by atoms with E-state index in [1.165, 1.54) is 0 Å². The number of hydrogen-bond acceptors (Lipinski definition) is 3. The second-order valence-corrected chi connectivity index (χ2v) is 3.71. The maximum Gasteiger partial charge on any atom is 0.179 e. The Kier molecular flexibility index (Phi) is 2.77. The Labute approximate surface area is 94.6 Å². The fourth-order valence-electron chi connectivity index (χ4n) is 2.22. The number of rotatable bonds is 3. The Morgan fingerprint density at radius 3 is 2.50 bits per heavy atom. The molecule has 2 aromatic rings. The highest BCUT2D eigenvalue weighted by atomic mass is 16.5. The van der Waals surface area contributed by atoms with E-state index in [2.05, 4.69) is 0 Å². The minimum atomic E-state index is 0.323. The van der Waals surface area contributed by atoms with Gasteiger partial charge in [0, 0.05) is 11.1 Å². The van der Waals surface area contributed by atoms with Gasteiger partial charge in [0.15, 0.2) is 11.3 Å². The third-order valence-electron chi connectivity index (χ3n) is 2.96. The molecule has 0 aliphatic carbocycles. The van der Waals surface area contributed by atoms with Crippen molar-refractivity contribution >= 4 is 11.0 Å². The van der Waals surface area contributed by atoms with Gasteiger partial charge in [0.05, 0.1) is 18.8 Å². The van der Waals surface area contributed by atoms with Crippen molar-refractivity contribution < 1.29 is 14.3 Å². The van der Waals surface area contributed by atoms with Crippen LogP contribution in [-0.2, 0) is 12.8 Å². The number of aromatic hydroxyl groups is 1. The molecule has 0 saturated heterocycles. The largest absolute Gasteiger partial charge is 0.507 e. The first-order valence-corrected chi connectivity index (χ1v) is 5.52. The van der Waals surface area contributed by atoms with E-state index in [1.54, 1.807) is 19.4 Å². The molecule has 1 N–H and O–H groups in total. The van der Waals surface area contributed by atoms with E-state index in [-0.39, 0.29) is 0 Å². The topological polar surface area (TPSA) is 42.6 Å². The van der Waals surface area contributed by atoms with Crippen molar-refractivity contribution in [2.75, 3.05) is 7.11 Å². The van der Waals surface area contributed by atoms with Gasteiger partial charge in [-0.1, -0.05) is 13.8 Å². The number of fused-ring (bicyclic) bond motifs is 1. The zero-order valence-electron chi connectivity index (χ0n) is 9.83. The minimum Gasteiger partial charge on any atom is -0.507 e. The van der Waals surface area contributed by atoms with Crippen LogP contribution in [0, 0.1) is 0 Å². The highest BCUT2D eigenvalue weighted by molar-refractivity contribution is 5.91. The summed E-state index contributed by atoms with van der Waals surface area (Å²) in [7, 11) is 1.63. The predicted molar refractivity (Wildman–Crippen MR) is 63.2 cm³/mol. The van der Waals surface area contributed by atoms with Crippen molar-refractivity contribution in [3.8, 4) is 11.5 Å². The first kappa shape index (κ1) is 10.9. The molecule has 2 rings (SSSR count). The van der Waals surface area contributed by atoms with Crippen LogP contribution in [0.1, 0.15) is 25.0 Å². The van der Waals surface area contributed by atoms with Crippen LogP contribution in [0.15, 0.2) is 16.7 Å². The quantitative estimate of drug-likeness (QED) is 0.863. The standard InChI is InChI=1S/C13H16O3/c1-4-8-9(5-2)12(15-3)13-10(11(8)14)6-7-16-13/h6-7,14H,4-5H2,1-3H3. The highest BCUT2D eigenvalue weighted by Gasteiger charge is 2.19. The molecule has 0 bridgehead atoms. The van der Waals surface area contributed by atoms with Crippen LogP contribution in [0.3, 0.4) is 0 Å². The maximum atomic E-state index is 10.2. The molecule has 16 heavy (non-hydrogen) atoms. The zero-order valence-corrected chi connectivity index (χ0v) is 9.83. The third kappa shape index (κ3) is 1.35. The molecule has 0 aliphatic rings. The summed E-state index contributed by atoms with van der Waals surface area (Å²) in [4.78, 5) is 0. The molecule has 1 aromatic heterocycles. The van der Waals surface area contributed by atoms with Crippen molar-refractivity contribution in [2.24, 2.45) is 0 Å². The lowest BCUT2D eigenvalue weighted by Crippen LogP contribution is -1.97. The summed E-state index contributed by atoms with van der Waals surface area (Å²) in [5, 5.41) is 10.9. The second-order valence-electron chi connectivity index (χ2n) is 3.71. The third-order valence-corrected chi connectivity index (χ3v) is 2.96. The van der Waals surface area contributed by atoms with Gasteiger partial charge in [0.25, 0.3) is 0 Å². The molecule has 0 spiro atoms. The average molecular weight is 220 g/mol. The summed E-state index contributed by atoms with van der Waals surface area (Å²) in [6.45, 7) is 4.07. The van der Waals surface area contributed by atoms with E-state index < -0.39 is 0 Å². The van der Waals surface area contributed by atoms with Crippen LogP contribution < -0.4 is 4.74 Å². The predicted octanol–water partition coefficient (Wildman–Crippen LogP) is 3.27. The lowest BCUT2D eigenvalue weighted by molar-refractivity contribution is 0.402. The molecule has 86 valence electrons. The van der Waals surface area contributed by atoms with Crippen LogP contribution in [0.2, 0.25) is 0 Å². The normalized spacial score (nSPS) is 10.9. The molecule has 1 heterocycles. The van der Waals surface area contributed by atoms with Crippen molar-refractivity contribution in [3.05, 3.63) is 23.5 Å². The van der Waals surface area contributed by atoms with E-state index in [9.17, 15) is 5.11 Å².